The second-order valence-electron chi connectivity index (χ2n) is 8.04. The molecule has 0 saturated carbocycles. The molecule has 4 heteroatoms. The van der Waals surface area contributed by atoms with Crippen molar-refractivity contribution in [1.29, 1.82) is 0 Å². The second-order valence-corrected chi connectivity index (χ2v) is 8.04. The standard InChI is InChI=1S/C22H28N2O2/c1-4-15-13-24-11-10-22(18-8-6-7-9-19(18)23-21(22)26)20(24)12-17(15)16(5-2)14(3)25/h5-9,15,17,20H,4,10-13H2,1-3H3,(H,23,26)/t15-,17+,20?,22+/m1/s1. The summed E-state index contributed by atoms with van der Waals surface area (Å²) in [5, 5.41) is 3.12. The van der Waals surface area contributed by atoms with E-state index >= 15 is 0 Å². The lowest BCUT2D eigenvalue weighted by Crippen LogP contribution is -2.53. The van der Waals surface area contributed by atoms with Crippen molar-refractivity contribution in [1.82, 2.24) is 4.90 Å². The van der Waals surface area contributed by atoms with Gasteiger partial charge in [0.1, 0.15) is 0 Å². The molecule has 26 heavy (non-hydrogen) atoms. The molecule has 1 N–H and O–H groups in total. The van der Waals surface area contributed by atoms with Crippen molar-refractivity contribution in [2.45, 2.75) is 51.5 Å². The van der Waals surface area contributed by atoms with Crippen molar-refractivity contribution < 1.29 is 9.59 Å². The van der Waals surface area contributed by atoms with Crippen molar-refractivity contribution in [3.05, 3.63) is 41.5 Å². The van der Waals surface area contributed by atoms with Crippen molar-refractivity contribution in [2.24, 2.45) is 11.8 Å². The SMILES string of the molecule is CC=C(C(C)=O)[C@H]1CC2N(CC[C@@]23C(=O)Nc2ccccc23)C[C@H]1CC. The predicted molar refractivity (Wildman–Crippen MR) is 103 cm³/mol. The van der Waals surface area contributed by atoms with E-state index in [4.69, 9.17) is 0 Å². The van der Waals surface area contributed by atoms with Gasteiger partial charge in [-0.1, -0.05) is 37.6 Å². The molecule has 2 saturated heterocycles. The molecule has 0 aliphatic carbocycles. The van der Waals surface area contributed by atoms with Gasteiger partial charge in [-0.25, -0.2) is 0 Å². The van der Waals surface area contributed by atoms with Crippen LogP contribution in [0.4, 0.5) is 5.69 Å². The molecule has 3 heterocycles. The van der Waals surface area contributed by atoms with Gasteiger partial charge in [0.2, 0.25) is 5.91 Å². The number of allylic oxidation sites excluding steroid dienone is 2. The normalized spacial score (nSPS) is 33.9. The van der Waals surface area contributed by atoms with Crippen LogP contribution in [0.1, 0.15) is 45.6 Å². The maximum atomic E-state index is 13.1. The summed E-state index contributed by atoms with van der Waals surface area (Å²) in [5.74, 6) is 1.05. The van der Waals surface area contributed by atoms with Crippen LogP contribution in [0.2, 0.25) is 0 Å². The lowest BCUT2D eigenvalue weighted by molar-refractivity contribution is -0.122. The first-order valence-corrected chi connectivity index (χ1v) is 9.85. The highest BCUT2D eigenvalue weighted by atomic mass is 16.2. The Bertz CT molecular complexity index is 784. The zero-order valence-corrected chi connectivity index (χ0v) is 15.9. The molecule has 1 unspecified atom stereocenters. The minimum Gasteiger partial charge on any atom is -0.325 e. The Morgan fingerprint density at radius 1 is 1.38 bits per heavy atom. The highest BCUT2D eigenvalue weighted by Crippen LogP contribution is 2.53. The topological polar surface area (TPSA) is 49.4 Å². The number of carbonyl (C=O) groups is 2. The zero-order chi connectivity index (χ0) is 18.5. The summed E-state index contributed by atoms with van der Waals surface area (Å²) in [6.07, 6.45) is 4.82. The van der Waals surface area contributed by atoms with Crippen LogP contribution in [0.25, 0.3) is 0 Å². The van der Waals surface area contributed by atoms with Gasteiger partial charge in [0.25, 0.3) is 0 Å². The molecule has 4 nitrogen and oxygen atoms in total. The maximum absolute atomic E-state index is 13.1. The Labute approximate surface area is 155 Å². The van der Waals surface area contributed by atoms with Crippen LogP contribution in [0.15, 0.2) is 35.9 Å². The van der Waals surface area contributed by atoms with Gasteiger partial charge in [0.15, 0.2) is 5.78 Å². The van der Waals surface area contributed by atoms with Gasteiger partial charge in [0.05, 0.1) is 5.41 Å². The quantitative estimate of drug-likeness (QED) is 0.847. The van der Waals surface area contributed by atoms with Crippen LogP contribution in [0.5, 0.6) is 0 Å². The third-order valence-corrected chi connectivity index (χ3v) is 7.02. The molecule has 138 valence electrons. The third-order valence-electron chi connectivity index (χ3n) is 7.02. The zero-order valence-electron chi connectivity index (χ0n) is 15.9. The lowest BCUT2D eigenvalue weighted by atomic mass is 9.67. The summed E-state index contributed by atoms with van der Waals surface area (Å²) in [4.78, 5) is 27.9. The minimum atomic E-state index is -0.455. The van der Waals surface area contributed by atoms with E-state index in [0.717, 1.165) is 49.2 Å². The molecule has 2 fully saturated rings. The molecule has 3 aliphatic heterocycles. The average Bonchev–Trinajstić information content (AvgIpc) is 3.14. The Hall–Kier alpha value is -1.94. The first kappa shape index (κ1) is 17.5. The molecule has 4 rings (SSSR count). The summed E-state index contributed by atoms with van der Waals surface area (Å²) >= 11 is 0. The van der Waals surface area contributed by atoms with Gasteiger partial charge in [-0.05, 0) is 62.3 Å². The molecule has 0 aromatic heterocycles. The summed E-state index contributed by atoms with van der Waals surface area (Å²) in [7, 11) is 0. The molecule has 1 aromatic rings. The largest absolute Gasteiger partial charge is 0.325 e. The van der Waals surface area contributed by atoms with E-state index in [0.29, 0.717) is 5.92 Å². The number of fused-ring (bicyclic) bond motifs is 4. The van der Waals surface area contributed by atoms with Gasteiger partial charge >= 0.3 is 0 Å². The highest BCUT2D eigenvalue weighted by molar-refractivity contribution is 6.07. The Morgan fingerprint density at radius 3 is 2.85 bits per heavy atom. The van der Waals surface area contributed by atoms with Crippen LogP contribution in [-0.4, -0.2) is 35.7 Å². The van der Waals surface area contributed by atoms with Crippen LogP contribution in [0.3, 0.4) is 0 Å². The number of para-hydroxylation sites is 1. The summed E-state index contributed by atoms with van der Waals surface area (Å²) < 4.78 is 0. The van der Waals surface area contributed by atoms with Crippen LogP contribution < -0.4 is 5.32 Å². The number of nitrogens with one attached hydrogen (secondary N) is 1. The fraction of sp³-hybridized carbons (Fsp3) is 0.545. The van der Waals surface area contributed by atoms with Crippen LogP contribution in [0, 0.1) is 11.8 Å². The van der Waals surface area contributed by atoms with E-state index in [1.165, 1.54) is 0 Å². The van der Waals surface area contributed by atoms with E-state index in [2.05, 4.69) is 23.2 Å². The van der Waals surface area contributed by atoms with E-state index in [1.807, 2.05) is 31.2 Å². The summed E-state index contributed by atoms with van der Waals surface area (Å²) in [6, 6.07) is 8.31. The predicted octanol–water partition coefficient (Wildman–Crippen LogP) is 3.53. The molecule has 3 aliphatic rings. The first-order valence-electron chi connectivity index (χ1n) is 9.85. The molecule has 1 amide bonds. The van der Waals surface area contributed by atoms with Gasteiger partial charge in [-0.15, -0.1) is 0 Å². The molecule has 1 aromatic carbocycles. The van der Waals surface area contributed by atoms with Crippen molar-refractivity contribution in [3.8, 4) is 0 Å². The van der Waals surface area contributed by atoms with Gasteiger partial charge < -0.3 is 5.32 Å². The number of nitrogens with zero attached hydrogens (tertiary/aromatic N) is 1. The molecule has 4 atom stereocenters. The van der Waals surface area contributed by atoms with Crippen molar-refractivity contribution in [3.63, 3.8) is 0 Å². The number of carbonyl (C=O) groups excluding carboxylic acids is 2. The second kappa shape index (κ2) is 6.34. The van der Waals surface area contributed by atoms with E-state index < -0.39 is 5.41 Å². The third kappa shape index (κ3) is 2.31. The summed E-state index contributed by atoms with van der Waals surface area (Å²) in [6.45, 7) is 7.80. The number of rotatable bonds is 3. The minimum absolute atomic E-state index is 0.143. The summed E-state index contributed by atoms with van der Waals surface area (Å²) in [5.41, 5.74) is 2.61. The monoisotopic (exact) mass is 352 g/mol. The number of Topliss-reactive ketones (excluding diaryl/α,β-unsaturated/α-hetero) is 1. The van der Waals surface area contributed by atoms with Gasteiger partial charge in [-0.2, -0.15) is 0 Å². The Morgan fingerprint density at radius 2 is 2.15 bits per heavy atom. The number of anilines is 1. The average molecular weight is 352 g/mol. The smallest absolute Gasteiger partial charge is 0.236 e. The molecule has 0 radical (unpaired) electrons. The fourth-order valence-electron chi connectivity index (χ4n) is 5.77. The maximum Gasteiger partial charge on any atom is 0.236 e. The molecular formula is C22H28N2O2. The molecular weight excluding hydrogens is 324 g/mol. The van der Waals surface area contributed by atoms with Crippen LogP contribution in [-0.2, 0) is 15.0 Å². The molecule has 0 bridgehead atoms. The lowest BCUT2D eigenvalue weighted by Gasteiger charge is -2.45. The van der Waals surface area contributed by atoms with Crippen LogP contribution >= 0.6 is 0 Å². The number of ketones is 1. The van der Waals surface area contributed by atoms with Gasteiger partial charge in [-0.3, -0.25) is 14.5 Å². The van der Waals surface area contributed by atoms with E-state index in [9.17, 15) is 9.59 Å². The molecule has 1 spiro atoms. The van der Waals surface area contributed by atoms with Gasteiger partial charge in [0, 0.05) is 18.3 Å². The number of amides is 1. The number of hydrogen-bond donors (Lipinski definition) is 1. The van der Waals surface area contributed by atoms with Crippen molar-refractivity contribution >= 4 is 17.4 Å². The highest BCUT2D eigenvalue weighted by Gasteiger charge is 2.59. The van der Waals surface area contributed by atoms with E-state index in [1.54, 1.807) is 6.92 Å². The Kier molecular flexibility index (Phi) is 4.26. The first-order chi connectivity index (χ1) is 12.5. The fourth-order valence-corrected chi connectivity index (χ4v) is 5.77. The number of hydrogen-bond acceptors (Lipinski definition) is 3. The number of piperidine rings is 1. The van der Waals surface area contributed by atoms with E-state index in [-0.39, 0.29) is 23.7 Å². The number of benzene rings is 1. The Balaban J connectivity index is 1.75. The van der Waals surface area contributed by atoms with Crippen molar-refractivity contribution in [2.75, 3.05) is 18.4 Å².